The van der Waals surface area contributed by atoms with Gasteiger partial charge in [-0.25, -0.2) is 0 Å². The van der Waals surface area contributed by atoms with E-state index in [1.807, 2.05) is 27.2 Å². The monoisotopic (exact) mass is 1030 g/mol. The van der Waals surface area contributed by atoms with Crippen molar-refractivity contribution in [2.75, 3.05) is 40.9 Å². The summed E-state index contributed by atoms with van der Waals surface area (Å²) in [6, 6.07) is -0.908. The summed E-state index contributed by atoms with van der Waals surface area (Å²) in [7, 11) is 1.24. The molecule has 0 spiro atoms. The van der Waals surface area contributed by atoms with Crippen LogP contribution in [0.1, 0.15) is 258 Å². The molecule has 418 valence electrons. The van der Waals surface area contributed by atoms with E-state index in [0.717, 1.165) is 70.6 Å². The van der Waals surface area contributed by atoms with Crippen LogP contribution >= 0.6 is 7.82 Å². The molecule has 0 saturated heterocycles. The highest BCUT2D eigenvalue weighted by Gasteiger charge is 2.23. The van der Waals surface area contributed by atoms with Gasteiger partial charge in [-0.3, -0.25) is 9.36 Å². The topological polar surface area (TPSA) is 108 Å². The number of nitrogens with one attached hydrogen (secondary N) is 1. The lowest BCUT2D eigenvalue weighted by molar-refractivity contribution is -0.870. The van der Waals surface area contributed by atoms with Crippen molar-refractivity contribution in [1.82, 2.24) is 5.32 Å². The molecule has 0 rings (SSSR count). The summed E-state index contributed by atoms with van der Waals surface area (Å²) in [5.74, 6) is -0.208. The number of hydrogen-bond donors (Lipinski definition) is 2. The molecule has 0 aromatic rings. The van der Waals surface area contributed by atoms with Gasteiger partial charge < -0.3 is 28.8 Å². The van der Waals surface area contributed by atoms with Gasteiger partial charge in [0.05, 0.1) is 39.9 Å². The number of allylic oxidation sites excluding steroid dienone is 13. The van der Waals surface area contributed by atoms with Crippen LogP contribution in [-0.4, -0.2) is 68.5 Å². The van der Waals surface area contributed by atoms with Crippen molar-refractivity contribution in [2.24, 2.45) is 0 Å². The molecule has 9 heteroatoms. The van der Waals surface area contributed by atoms with Crippen molar-refractivity contribution in [3.8, 4) is 0 Å². The Hall–Kier alpha value is -2.32. The highest BCUT2D eigenvalue weighted by molar-refractivity contribution is 7.45. The van der Waals surface area contributed by atoms with E-state index in [4.69, 9.17) is 9.05 Å². The minimum Gasteiger partial charge on any atom is -0.756 e. The fourth-order valence-electron chi connectivity index (χ4n) is 8.43. The fourth-order valence-corrected chi connectivity index (χ4v) is 9.16. The minimum absolute atomic E-state index is 0.00863. The summed E-state index contributed by atoms with van der Waals surface area (Å²) in [5, 5.41) is 13.9. The summed E-state index contributed by atoms with van der Waals surface area (Å²) in [5.41, 5.74) is 0. The number of amides is 1. The first-order chi connectivity index (χ1) is 35.0. The van der Waals surface area contributed by atoms with Crippen molar-refractivity contribution in [3.05, 3.63) is 85.1 Å². The average Bonchev–Trinajstić information content (AvgIpc) is 3.34. The molecule has 0 aliphatic heterocycles. The lowest BCUT2D eigenvalue weighted by Crippen LogP contribution is -2.45. The van der Waals surface area contributed by atoms with E-state index in [2.05, 4.69) is 92.1 Å². The number of carbonyl (C=O) groups is 1. The second kappa shape index (κ2) is 53.5. The predicted molar refractivity (Wildman–Crippen MR) is 311 cm³/mol. The smallest absolute Gasteiger partial charge is 0.268 e. The number of nitrogens with zero attached hydrogens (tertiary/aromatic N) is 1. The Morgan fingerprint density at radius 1 is 0.500 bits per heavy atom. The second-order valence-corrected chi connectivity index (χ2v) is 22.7. The lowest BCUT2D eigenvalue weighted by Gasteiger charge is -2.29. The van der Waals surface area contributed by atoms with Crippen LogP contribution in [0.4, 0.5) is 0 Å². The van der Waals surface area contributed by atoms with Gasteiger partial charge in [0.15, 0.2) is 0 Å². The standard InChI is InChI=1S/C63H115N2O6P/c1-6-8-10-12-14-16-18-20-22-24-26-27-28-29-30-31-32-33-34-35-36-37-39-41-43-45-47-49-51-53-55-57-63(67)64-61(60-71-72(68,69)70-59-58-65(3,4)5)62(66)56-54-52-50-48-46-44-42-40-38-25-23-21-19-17-15-13-11-9-7-2/h8,10,14,16,20,22,26-27,29-30,46,48,54,56,61-62,66H,6-7,9,11-13,15,17-19,21,23-25,28,31-45,47,49-53,55,57-60H2,1-5H3,(H-,64,67,68,69)/b10-8-,16-14-,22-20-,27-26-,30-29-,48-46+,56-54+. The number of hydrogen-bond acceptors (Lipinski definition) is 6. The molecule has 0 saturated carbocycles. The van der Waals surface area contributed by atoms with E-state index in [-0.39, 0.29) is 12.5 Å². The van der Waals surface area contributed by atoms with Gasteiger partial charge >= 0.3 is 0 Å². The number of phosphoric acid groups is 1. The van der Waals surface area contributed by atoms with Crippen molar-refractivity contribution in [2.45, 2.75) is 270 Å². The zero-order valence-electron chi connectivity index (χ0n) is 47.6. The van der Waals surface area contributed by atoms with Crippen molar-refractivity contribution < 1.29 is 32.9 Å². The summed E-state index contributed by atoms with van der Waals surface area (Å²) in [4.78, 5) is 25.5. The van der Waals surface area contributed by atoms with Gasteiger partial charge in [-0.2, -0.15) is 0 Å². The maximum atomic E-state index is 13.0. The van der Waals surface area contributed by atoms with Crippen LogP contribution in [0.2, 0.25) is 0 Å². The van der Waals surface area contributed by atoms with E-state index in [1.54, 1.807) is 6.08 Å². The van der Waals surface area contributed by atoms with E-state index in [9.17, 15) is 19.4 Å². The quantitative estimate of drug-likeness (QED) is 0.0272. The minimum atomic E-state index is -4.61. The molecule has 3 atom stereocenters. The van der Waals surface area contributed by atoms with Gasteiger partial charge in [0.1, 0.15) is 13.2 Å². The number of aliphatic hydroxyl groups is 1. The third kappa shape index (κ3) is 55.4. The SMILES string of the molecule is CC/C=C\C/C=C\C/C=C\C/C=C\C/C=C\CCCCCCCCCCCCCCCCCC(=O)NC(COP(=O)([O-])OCC[N+](C)(C)C)C(O)/C=C/CC/C=C/CCCCCCCCCCCCCCC. The first kappa shape index (κ1) is 69.7. The van der Waals surface area contributed by atoms with Crippen LogP contribution in [0.15, 0.2) is 85.1 Å². The molecule has 0 aromatic heterocycles. The van der Waals surface area contributed by atoms with Crippen LogP contribution in [0.25, 0.3) is 0 Å². The molecule has 0 heterocycles. The lowest BCUT2D eigenvalue weighted by atomic mass is 10.0. The molecule has 1 amide bonds. The second-order valence-electron chi connectivity index (χ2n) is 21.3. The average molecular weight is 1030 g/mol. The maximum absolute atomic E-state index is 13.0. The Morgan fingerprint density at radius 2 is 0.861 bits per heavy atom. The predicted octanol–water partition coefficient (Wildman–Crippen LogP) is 17.8. The van der Waals surface area contributed by atoms with Gasteiger partial charge in [-0.05, 0) is 77.0 Å². The summed E-state index contributed by atoms with van der Waals surface area (Å²) < 4.78 is 23.3. The largest absolute Gasteiger partial charge is 0.756 e. The summed E-state index contributed by atoms with van der Waals surface area (Å²) in [6.45, 7) is 4.53. The van der Waals surface area contributed by atoms with E-state index in [1.165, 1.54) is 167 Å². The molecule has 8 nitrogen and oxygen atoms in total. The molecule has 0 radical (unpaired) electrons. The normalized spacial score (nSPS) is 14.5. The number of rotatable bonds is 54. The molecule has 0 fully saturated rings. The Kier molecular flexibility index (Phi) is 51.8. The number of unbranched alkanes of at least 4 members (excludes halogenated alkanes) is 29. The molecule has 0 aliphatic rings. The van der Waals surface area contributed by atoms with Crippen molar-refractivity contribution >= 4 is 13.7 Å². The molecular formula is C63H115N2O6P. The number of likely N-dealkylation sites (N-methyl/N-ethyl adjacent to an activating group) is 1. The Morgan fingerprint density at radius 3 is 1.29 bits per heavy atom. The third-order valence-corrected chi connectivity index (χ3v) is 14.1. The van der Waals surface area contributed by atoms with Gasteiger partial charge in [0.2, 0.25) is 5.91 Å². The number of quaternary nitrogens is 1. The number of phosphoric ester groups is 1. The molecule has 3 unspecified atom stereocenters. The van der Waals surface area contributed by atoms with Gasteiger partial charge in [-0.15, -0.1) is 0 Å². The van der Waals surface area contributed by atoms with E-state index in [0.29, 0.717) is 17.4 Å². The first-order valence-electron chi connectivity index (χ1n) is 29.9. The highest BCUT2D eigenvalue weighted by atomic mass is 31.2. The van der Waals surface area contributed by atoms with E-state index >= 15 is 0 Å². The van der Waals surface area contributed by atoms with Crippen molar-refractivity contribution in [1.29, 1.82) is 0 Å². The van der Waals surface area contributed by atoms with Crippen LogP contribution in [0, 0.1) is 0 Å². The van der Waals surface area contributed by atoms with Gasteiger partial charge in [0, 0.05) is 6.42 Å². The molecule has 0 aliphatic carbocycles. The Balaban J connectivity index is 4.17. The zero-order valence-corrected chi connectivity index (χ0v) is 48.5. The molecule has 72 heavy (non-hydrogen) atoms. The zero-order chi connectivity index (χ0) is 52.7. The third-order valence-electron chi connectivity index (χ3n) is 13.1. The number of carbonyl (C=O) groups excluding carboxylic acids is 1. The Labute approximate surface area is 446 Å². The first-order valence-corrected chi connectivity index (χ1v) is 31.4. The van der Waals surface area contributed by atoms with Crippen LogP contribution in [-0.2, 0) is 18.4 Å². The van der Waals surface area contributed by atoms with Crippen LogP contribution in [0.3, 0.4) is 0 Å². The van der Waals surface area contributed by atoms with E-state index < -0.39 is 26.6 Å². The summed E-state index contributed by atoms with van der Waals surface area (Å²) in [6.07, 6.45) is 75.2. The van der Waals surface area contributed by atoms with Gasteiger partial charge in [0.25, 0.3) is 7.82 Å². The highest BCUT2D eigenvalue weighted by Crippen LogP contribution is 2.38. The molecular weight excluding hydrogens is 912 g/mol. The molecule has 0 aromatic carbocycles. The molecule has 2 N–H and O–H groups in total. The van der Waals surface area contributed by atoms with Crippen LogP contribution < -0.4 is 10.2 Å². The van der Waals surface area contributed by atoms with Crippen molar-refractivity contribution in [3.63, 3.8) is 0 Å². The molecule has 0 bridgehead atoms. The van der Waals surface area contributed by atoms with Crippen LogP contribution in [0.5, 0.6) is 0 Å². The van der Waals surface area contributed by atoms with Gasteiger partial charge in [-0.1, -0.05) is 259 Å². The number of aliphatic hydroxyl groups excluding tert-OH is 1. The Bertz CT molecular complexity index is 1450. The maximum Gasteiger partial charge on any atom is 0.268 e. The summed E-state index contributed by atoms with van der Waals surface area (Å²) >= 11 is 0. The fraction of sp³-hybridized carbons (Fsp3) is 0.762.